The second-order valence-corrected chi connectivity index (χ2v) is 6.97. The molecule has 0 aliphatic carbocycles. The predicted molar refractivity (Wildman–Crippen MR) is 114 cm³/mol. The van der Waals surface area contributed by atoms with E-state index in [-0.39, 0.29) is 11.6 Å². The minimum Gasteiger partial charge on any atom is -0.358 e. The van der Waals surface area contributed by atoms with Crippen molar-refractivity contribution in [2.75, 3.05) is 5.32 Å². The largest absolute Gasteiger partial charge is 0.358 e. The average Bonchev–Trinajstić information content (AvgIpc) is 3.43. The van der Waals surface area contributed by atoms with Gasteiger partial charge in [-0.3, -0.25) is 4.57 Å². The summed E-state index contributed by atoms with van der Waals surface area (Å²) < 4.78 is 16.3. The molecule has 8 nitrogen and oxygen atoms in total. The van der Waals surface area contributed by atoms with Gasteiger partial charge < -0.3 is 10.3 Å². The molecule has 3 aromatic heterocycles. The minimum absolute atomic E-state index is 0.0343. The van der Waals surface area contributed by atoms with E-state index in [0.717, 1.165) is 5.69 Å². The molecular formula is C22H17FN8. The summed E-state index contributed by atoms with van der Waals surface area (Å²) in [6, 6.07) is 14.1. The number of nitrogens with one attached hydrogen (secondary N) is 2. The topological polar surface area (TPSA) is 108 Å². The van der Waals surface area contributed by atoms with Crippen LogP contribution < -0.4 is 5.32 Å². The van der Waals surface area contributed by atoms with Crippen LogP contribution in [0.1, 0.15) is 30.8 Å². The molecule has 5 rings (SSSR count). The van der Waals surface area contributed by atoms with Crippen molar-refractivity contribution in [3.63, 3.8) is 0 Å². The normalized spacial score (nSPS) is 12.2. The van der Waals surface area contributed by atoms with Crippen LogP contribution in [0.25, 0.3) is 27.9 Å². The Morgan fingerprint density at radius 3 is 2.77 bits per heavy atom. The Balaban J connectivity index is 1.73. The van der Waals surface area contributed by atoms with Crippen molar-refractivity contribution in [2.45, 2.75) is 19.4 Å². The van der Waals surface area contributed by atoms with Gasteiger partial charge in [0, 0.05) is 5.69 Å². The summed E-state index contributed by atoms with van der Waals surface area (Å²) in [5, 5.41) is 13.1. The molecule has 0 bridgehead atoms. The summed E-state index contributed by atoms with van der Waals surface area (Å²) in [7, 11) is 0. The van der Waals surface area contributed by atoms with Crippen LogP contribution in [0.15, 0.2) is 55.1 Å². The van der Waals surface area contributed by atoms with E-state index >= 15 is 0 Å². The Morgan fingerprint density at radius 1 is 1.16 bits per heavy atom. The van der Waals surface area contributed by atoms with E-state index in [0.29, 0.717) is 40.3 Å². The highest BCUT2D eigenvalue weighted by atomic mass is 19.1. The number of H-pyrrole nitrogens is 1. The first-order valence-corrected chi connectivity index (χ1v) is 9.78. The van der Waals surface area contributed by atoms with Gasteiger partial charge >= 0.3 is 0 Å². The van der Waals surface area contributed by atoms with Crippen LogP contribution in [0.3, 0.4) is 0 Å². The van der Waals surface area contributed by atoms with Crippen molar-refractivity contribution in [3.8, 4) is 11.8 Å². The van der Waals surface area contributed by atoms with Crippen molar-refractivity contribution in [1.82, 2.24) is 29.5 Å². The summed E-state index contributed by atoms with van der Waals surface area (Å²) in [5.74, 6) is 0.666. The Morgan fingerprint density at radius 2 is 2.00 bits per heavy atom. The number of fused-ring (bicyclic) bond motifs is 2. The van der Waals surface area contributed by atoms with Crippen LogP contribution in [0.2, 0.25) is 0 Å². The molecule has 0 saturated carbocycles. The van der Waals surface area contributed by atoms with E-state index in [1.54, 1.807) is 12.4 Å². The van der Waals surface area contributed by atoms with Crippen LogP contribution in [0.5, 0.6) is 0 Å². The van der Waals surface area contributed by atoms with Gasteiger partial charge in [-0.2, -0.15) is 5.26 Å². The molecule has 0 spiro atoms. The van der Waals surface area contributed by atoms with Crippen molar-refractivity contribution in [1.29, 1.82) is 5.26 Å². The molecule has 0 aliphatic heterocycles. The molecule has 0 amide bonds. The van der Waals surface area contributed by atoms with Crippen LogP contribution >= 0.6 is 0 Å². The number of benzene rings is 2. The van der Waals surface area contributed by atoms with E-state index in [1.807, 2.05) is 47.9 Å². The maximum atomic E-state index is 14.5. The second-order valence-electron chi connectivity index (χ2n) is 6.97. The molecule has 1 unspecified atom stereocenters. The lowest BCUT2D eigenvalue weighted by atomic mass is 10.1. The van der Waals surface area contributed by atoms with Gasteiger partial charge in [0.05, 0.1) is 23.4 Å². The lowest BCUT2D eigenvalue weighted by molar-refractivity contribution is 0.625. The predicted octanol–water partition coefficient (Wildman–Crippen LogP) is 4.27. The quantitative estimate of drug-likeness (QED) is 0.446. The SMILES string of the molecule is CCC(Nc1ncnc2nc[nH]c12)c1nc2ccc(F)c(C#N)c2n1-c1ccccc1. The number of hydrogen-bond acceptors (Lipinski definition) is 6. The Labute approximate surface area is 176 Å². The molecule has 9 heteroatoms. The van der Waals surface area contributed by atoms with Gasteiger partial charge in [0.25, 0.3) is 0 Å². The van der Waals surface area contributed by atoms with Crippen LogP contribution in [0.4, 0.5) is 10.2 Å². The lowest BCUT2D eigenvalue weighted by Crippen LogP contribution is -2.16. The number of nitrogens with zero attached hydrogens (tertiary/aromatic N) is 6. The zero-order valence-electron chi connectivity index (χ0n) is 16.5. The van der Waals surface area contributed by atoms with E-state index in [9.17, 15) is 9.65 Å². The highest BCUT2D eigenvalue weighted by molar-refractivity contribution is 5.85. The highest BCUT2D eigenvalue weighted by Gasteiger charge is 2.24. The molecule has 1 atom stereocenters. The molecular weight excluding hydrogens is 395 g/mol. The molecule has 152 valence electrons. The third kappa shape index (κ3) is 3.05. The number of imidazole rings is 2. The number of aromatic amines is 1. The number of nitriles is 1. The molecule has 3 heterocycles. The van der Waals surface area contributed by atoms with Gasteiger partial charge in [0.1, 0.15) is 35.1 Å². The lowest BCUT2D eigenvalue weighted by Gasteiger charge is -2.19. The summed E-state index contributed by atoms with van der Waals surface area (Å²) in [5.41, 5.74) is 2.99. The van der Waals surface area contributed by atoms with Crippen LogP contribution in [-0.2, 0) is 0 Å². The number of rotatable bonds is 5. The Kier molecular flexibility index (Phi) is 4.52. The fraction of sp³-hybridized carbons (Fsp3) is 0.136. The van der Waals surface area contributed by atoms with Gasteiger partial charge in [-0.05, 0) is 30.7 Å². The van der Waals surface area contributed by atoms with Crippen molar-refractivity contribution in [3.05, 3.63) is 72.3 Å². The zero-order valence-corrected chi connectivity index (χ0v) is 16.5. The molecule has 31 heavy (non-hydrogen) atoms. The zero-order chi connectivity index (χ0) is 21.4. The fourth-order valence-corrected chi connectivity index (χ4v) is 3.73. The van der Waals surface area contributed by atoms with E-state index < -0.39 is 5.82 Å². The number of para-hydroxylation sites is 1. The van der Waals surface area contributed by atoms with E-state index in [1.165, 1.54) is 12.4 Å². The second kappa shape index (κ2) is 7.50. The third-order valence-electron chi connectivity index (χ3n) is 5.17. The van der Waals surface area contributed by atoms with Gasteiger partial charge in [-0.15, -0.1) is 0 Å². The molecule has 0 aliphatic rings. The summed E-state index contributed by atoms with van der Waals surface area (Å²) in [6.45, 7) is 2.02. The van der Waals surface area contributed by atoms with Crippen molar-refractivity contribution in [2.24, 2.45) is 0 Å². The maximum Gasteiger partial charge on any atom is 0.182 e. The number of hydrogen-bond donors (Lipinski definition) is 2. The fourth-order valence-electron chi connectivity index (χ4n) is 3.73. The van der Waals surface area contributed by atoms with Gasteiger partial charge in [0.15, 0.2) is 11.5 Å². The van der Waals surface area contributed by atoms with Crippen molar-refractivity contribution >= 4 is 28.0 Å². The molecule has 0 fully saturated rings. The van der Waals surface area contributed by atoms with Crippen molar-refractivity contribution < 1.29 is 4.39 Å². The first-order chi connectivity index (χ1) is 15.2. The molecule has 2 aromatic carbocycles. The standard InChI is InChI=1S/C22H17FN8/c1-2-16(29-21-18-20(26-11-25-18)27-12-28-21)22-30-17-9-8-15(23)14(10-24)19(17)31(22)13-6-4-3-5-7-13/h3-9,11-12,16H,2H2,1H3,(H2,25,26,27,28,29). The molecule has 0 saturated heterocycles. The highest BCUT2D eigenvalue weighted by Crippen LogP contribution is 2.32. The average molecular weight is 412 g/mol. The molecule has 0 radical (unpaired) electrons. The van der Waals surface area contributed by atoms with Crippen LogP contribution in [-0.4, -0.2) is 29.5 Å². The Bertz CT molecular complexity index is 1430. The number of aromatic nitrogens is 6. The smallest absolute Gasteiger partial charge is 0.182 e. The minimum atomic E-state index is -0.574. The Hall–Kier alpha value is -4.32. The van der Waals surface area contributed by atoms with E-state index in [2.05, 4.69) is 25.3 Å². The van der Waals surface area contributed by atoms with Gasteiger partial charge in [-0.25, -0.2) is 24.3 Å². The first-order valence-electron chi connectivity index (χ1n) is 9.78. The van der Waals surface area contributed by atoms with Crippen LogP contribution in [0, 0.1) is 17.1 Å². The maximum absolute atomic E-state index is 14.5. The number of halogens is 1. The summed E-state index contributed by atoms with van der Waals surface area (Å²) >= 11 is 0. The third-order valence-corrected chi connectivity index (χ3v) is 5.17. The summed E-state index contributed by atoms with van der Waals surface area (Å²) in [6.07, 6.45) is 3.67. The van der Waals surface area contributed by atoms with Gasteiger partial charge in [-0.1, -0.05) is 25.1 Å². The number of anilines is 1. The monoisotopic (exact) mass is 412 g/mol. The first kappa shape index (κ1) is 18.7. The van der Waals surface area contributed by atoms with Gasteiger partial charge in [0.2, 0.25) is 0 Å². The molecule has 2 N–H and O–H groups in total. The molecule has 5 aromatic rings. The summed E-state index contributed by atoms with van der Waals surface area (Å²) in [4.78, 5) is 20.5. The van der Waals surface area contributed by atoms with E-state index in [4.69, 9.17) is 4.98 Å².